The number of rotatable bonds is 4. The van der Waals surface area contributed by atoms with E-state index in [1.54, 1.807) is 7.11 Å². The van der Waals surface area contributed by atoms with E-state index in [1.807, 2.05) is 14.0 Å². The van der Waals surface area contributed by atoms with E-state index >= 15 is 0 Å². The van der Waals surface area contributed by atoms with E-state index in [9.17, 15) is 0 Å². The smallest absolute Gasteiger partial charge is 0.240 e. The SMILES string of the molecule is CO[C@@H]1CC[C@@]2(OC)CCN(Cc3nc(C)no3)[C@H]2C1. The van der Waals surface area contributed by atoms with Gasteiger partial charge < -0.3 is 14.0 Å². The fourth-order valence-electron chi connectivity index (χ4n) is 3.74. The number of hydrogen-bond acceptors (Lipinski definition) is 6. The number of aryl methyl sites for hydroxylation is 1. The quantitative estimate of drug-likeness (QED) is 0.834. The number of methoxy groups -OCH3 is 2. The van der Waals surface area contributed by atoms with Crippen LogP contribution in [0.5, 0.6) is 0 Å². The Morgan fingerprint density at radius 3 is 2.90 bits per heavy atom. The lowest BCUT2D eigenvalue weighted by Gasteiger charge is -2.43. The van der Waals surface area contributed by atoms with Crippen LogP contribution >= 0.6 is 0 Å². The highest BCUT2D eigenvalue weighted by molar-refractivity contribution is 5.06. The Kier molecular flexibility index (Phi) is 3.79. The van der Waals surface area contributed by atoms with Gasteiger partial charge >= 0.3 is 0 Å². The van der Waals surface area contributed by atoms with Crippen LogP contribution in [0.15, 0.2) is 4.52 Å². The van der Waals surface area contributed by atoms with Crippen LogP contribution in [0.1, 0.15) is 37.4 Å². The Balaban J connectivity index is 1.75. The second-order valence-electron chi connectivity index (χ2n) is 5.87. The second kappa shape index (κ2) is 5.42. The molecule has 6 heteroatoms. The molecule has 2 heterocycles. The van der Waals surface area contributed by atoms with E-state index in [0.717, 1.165) is 32.2 Å². The van der Waals surface area contributed by atoms with Gasteiger partial charge in [-0.25, -0.2) is 0 Å². The van der Waals surface area contributed by atoms with Crippen molar-refractivity contribution in [2.24, 2.45) is 0 Å². The van der Waals surface area contributed by atoms with E-state index in [4.69, 9.17) is 14.0 Å². The van der Waals surface area contributed by atoms with Gasteiger partial charge in [0.1, 0.15) is 0 Å². The first-order chi connectivity index (χ1) is 9.66. The Morgan fingerprint density at radius 1 is 1.40 bits per heavy atom. The van der Waals surface area contributed by atoms with Crippen LogP contribution in [0, 0.1) is 6.92 Å². The molecule has 6 nitrogen and oxygen atoms in total. The van der Waals surface area contributed by atoms with Gasteiger partial charge in [0.15, 0.2) is 5.82 Å². The van der Waals surface area contributed by atoms with Crippen molar-refractivity contribution in [3.05, 3.63) is 11.7 Å². The first-order valence-electron chi connectivity index (χ1n) is 7.28. The average molecular weight is 281 g/mol. The summed E-state index contributed by atoms with van der Waals surface area (Å²) < 4.78 is 16.7. The number of likely N-dealkylation sites (tertiary alicyclic amines) is 1. The molecule has 1 saturated carbocycles. The lowest BCUT2D eigenvalue weighted by molar-refractivity contribution is -0.0955. The van der Waals surface area contributed by atoms with Crippen LogP contribution in [0.25, 0.3) is 0 Å². The maximum Gasteiger partial charge on any atom is 0.240 e. The Morgan fingerprint density at radius 2 is 2.25 bits per heavy atom. The van der Waals surface area contributed by atoms with Crippen LogP contribution in [-0.2, 0) is 16.0 Å². The summed E-state index contributed by atoms with van der Waals surface area (Å²) in [5.74, 6) is 1.38. The zero-order valence-corrected chi connectivity index (χ0v) is 12.5. The molecule has 2 fully saturated rings. The Bertz CT molecular complexity index is 464. The van der Waals surface area contributed by atoms with Gasteiger partial charge in [-0.2, -0.15) is 4.98 Å². The molecule has 1 aromatic rings. The second-order valence-corrected chi connectivity index (χ2v) is 5.87. The molecule has 0 spiro atoms. The molecule has 1 aromatic heterocycles. The van der Waals surface area contributed by atoms with E-state index in [0.29, 0.717) is 30.4 Å². The molecule has 0 aromatic carbocycles. The fraction of sp³-hybridized carbons (Fsp3) is 0.857. The molecule has 2 aliphatic rings. The number of hydrogen-bond donors (Lipinski definition) is 0. The molecule has 0 radical (unpaired) electrons. The summed E-state index contributed by atoms with van der Waals surface area (Å²) in [6.07, 6.45) is 4.54. The molecule has 0 N–H and O–H groups in total. The van der Waals surface area contributed by atoms with Crippen LogP contribution < -0.4 is 0 Å². The normalized spacial score (nSPS) is 34.4. The third kappa shape index (κ3) is 2.36. The van der Waals surface area contributed by atoms with Gasteiger partial charge in [0.25, 0.3) is 0 Å². The Hall–Kier alpha value is -0.980. The van der Waals surface area contributed by atoms with Crippen LogP contribution in [0.3, 0.4) is 0 Å². The number of nitrogens with zero attached hydrogens (tertiary/aromatic N) is 3. The number of fused-ring (bicyclic) bond motifs is 1. The molecule has 0 unspecified atom stereocenters. The summed E-state index contributed by atoms with van der Waals surface area (Å²) in [4.78, 5) is 6.71. The molecule has 1 aliphatic carbocycles. The van der Waals surface area contributed by atoms with Crippen molar-refractivity contribution in [3.63, 3.8) is 0 Å². The Labute approximate surface area is 119 Å². The van der Waals surface area contributed by atoms with Crippen molar-refractivity contribution in [2.45, 2.75) is 56.9 Å². The lowest BCUT2D eigenvalue weighted by Crippen LogP contribution is -2.51. The van der Waals surface area contributed by atoms with E-state index in [1.165, 1.54) is 0 Å². The third-order valence-corrected chi connectivity index (χ3v) is 4.89. The summed E-state index contributed by atoms with van der Waals surface area (Å²) in [5.41, 5.74) is -0.0237. The molecule has 3 rings (SSSR count). The van der Waals surface area contributed by atoms with Gasteiger partial charge in [0.05, 0.1) is 18.2 Å². The minimum atomic E-state index is -0.0237. The molecule has 1 aliphatic heterocycles. The van der Waals surface area contributed by atoms with Gasteiger partial charge in [0, 0.05) is 26.8 Å². The highest BCUT2D eigenvalue weighted by Crippen LogP contribution is 2.43. The number of aromatic nitrogens is 2. The monoisotopic (exact) mass is 281 g/mol. The summed E-state index contributed by atoms with van der Waals surface area (Å²) in [7, 11) is 3.63. The summed E-state index contributed by atoms with van der Waals surface area (Å²) >= 11 is 0. The highest BCUT2D eigenvalue weighted by atomic mass is 16.5. The zero-order chi connectivity index (χ0) is 14.2. The highest BCUT2D eigenvalue weighted by Gasteiger charge is 2.51. The molecule has 0 bridgehead atoms. The molecule has 20 heavy (non-hydrogen) atoms. The predicted molar refractivity (Wildman–Crippen MR) is 72.2 cm³/mol. The van der Waals surface area contributed by atoms with Crippen molar-refractivity contribution >= 4 is 0 Å². The minimum absolute atomic E-state index is 0.0237. The molecule has 1 saturated heterocycles. The van der Waals surface area contributed by atoms with Crippen LogP contribution in [-0.4, -0.2) is 53.6 Å². The maximum atomic E-state index is 5.90. The molecular weight excluding hydrogens is 258 g/mol. The lowest BCUT2D eigenvalue weighted by atomic mass is 9.79. The van der Waals surface area contributed by atoms with E-state index in [-0.39, 0.29) is 5.60 Å². The first-order valence-corrected chi connectivity index (χ1v) is 7.28. The minimum Gasteiger partial charge on any atom is -0.381 e. The largest absolute Gasteiger partial charge is 0.381 e. The number of ether oxygens (including phenoxy) is 2. The molecule has 3 atom stereocenters. The molecule has 0 amide bonds. The van der Waals surface area contributed by atoms with Gasteiger partial charge in [0.2, 0.25) is 5.89 Å². The summed E-state index contributed by atoms with van der Waals surface area (Å²) in [5, 5.41) is 3.86. The third-order valence-electron chi connectivity index (χ3n) is 4.89. The first kappa shape index (κ1) is 14.0. The fourth-order valence-corrected chi connectivity index (χ4v) is 3.74. The molecular formula is C14H23N3O3. The maximum absolute atomic E-state index is 5.90. The van der Waals surface area contributed by atoms with Gasteiger partial charge in [-0.15, -0.1) is 0 Å². The van der Waals surface area contributed by atoms with E-state index < -0.39 is 0 Å². The van der Waals surface area contributed by atoms with Crippen molar-refractivity contribution < 1.29 is 14.0 Å². The van der Waals surface area contributed by atoms with Gasteiger partial charge in [-0.05, 0) is 32.6 Å². The summed E-state index contributed by atoms with van der Waals surface area (Å²) in [6, 6.07) is 0.374. The summed E-state index contributed by atoms with van der Waals surface area (Å²) in [6.45, 7) is 3.56. The van der Waals surface area contributed by atoms with E-state index in [2.05, 4.69) is 15.0 Å². The van der Waals surface area contributed by atoms with Crippen molar-refractivity contribution in [3.8, 4) is 0 Å². The van der Waals surface area contributed by atoms with Gasteiger partial charge in [-0.3, -0.25) is 4.90 Å². The standard InChI is InChI=1S/C14H23N3O3/c1-10-15-13(20-16-10)9-17-7-6-14(19-3)5-4-11(18-2)8-12(14)17/h11-12H,4-9H2,1-3H3/t11-,12+,14-/m1/s1. The molecule has 112 valence electrons. The zero-order valence-electron chi connectivity index (χ0n) is 12.5. The van der Waals surface area contributed by atoms with Crippen molar-refractivity contribution in [1.29, 1.82) is 0 Å². The van der Waals surface area contributed by atoms with Crippen molar-refractivity contribution in [1.82, 2.24) is 15.0 Å². The average Bonchev–Trinajstić information content (AvgIpc) is 3.04. The van der Waals surface area contributed by atoms with Gasteiger partial charge in [-0.1, -0.05) is 5.16 Å². The topological polar surface area (TPSA) is 60.6 Å². The van der Waals surface area contributed by atoms with Crippen molar-refractivity contribution in [2.75, 3.05) is 20.8 Å². The predicted octanol–water partition coefficient (Wildman–Crippen LogP) is 1.54. The van der Waals surface area contributed by atoms with Crippen LogP contribution in [0.2, 0.25) is 0 Å². The van der Waals surface area contributed by atoms with Crippen LogP contribution in [0.4, 0.5) is 0 Å².